The fraction of sp³-hybridized carbons (Fsp3) is 0.417. The molecule has 4 N–H and O–H groups in total. The third kappa shape index (κ3) is 2.02. The van der Waals surface area contributed by atoms with E-state index in [4.69, 9.17) is 28.5 Å². The highest BCUT2D eigenvalue weighted by Crippen LogP contribution is 2.37. The third-order valence-electron chi connectivity index (χ3n) is 3.52. The summed E-state index contributed by atoms with van der Waals surface area (Å²) < 4.78 is 7.19. The number of hydrogen-bond acceptors (Lipinski definition) is 7. The largest absolute Gasteiger partial charge is 0.392 e. The van der Waals surface area contributed by atoms with E-state index in [9.17, 15) is 10.2 Å². The lowest BCUT2D eigenvalue weighted by Gasteiger charge is -2.23. The summed E-state index contributed by atoms with van der Waals surface area (Å²) in [6.07, 6.45) is 5.34. The van der Waals surface area contributed by atoms with Gasteiger partial charge in [-0.3, -0.25) is 4.57 Å². The van der Waals surface area contributed by atoms with Gasteiger partial charge in [0.2, 0.25) is 5.28 Å². The zero-order chi connectivity index (χ0) is 15.2. The van der Waals surface area contributed by atoms with Crippen molar-refractivity contribution in [2.24, 2.45) is 0 Å². The summed E-state index contributed by atoms with van der Waals surface area (Å²) in [4.78, 5) is 12.0. The van der Waals surface area contributed by atoms with Gasteiger partial charge in [0.1, 0.15) is 17.8 Å². The number of hydrogen-bond donors (Lipinski definition) is 3. The predicted octanol–water partition coefficient (Wildman–Crippen LogP) is -0.294. The van der Waals surface area contributed by atoms with E-state index in [-0.39, 0.29) is 17.5 Å². The average Bonchev–Trinajstić information content (AvgIpc) is 3.00. The Morgan fingerprint density at radius 3 is 3.00 bits per heavy atom. The van der Waals surface area contributed by atoms with E-state index in [0.717, 1.165) is 0 Å². The molecule has 0 aliphatic carbocycles. The summed E-state index contributed by atoms with van der Waals surface area (Å²) in [5.74, 6) is 2.45. The topological polar surface area (TPSA) is 119 Å². The fourth-order valence-corrected chi connectivity index (χ4v) is 2.53. The number of aliphatic hydroxyl groups excluding tert-OH is 2. The normalized spacial score (nSPS) is 28.9. The van der Waals surface area contributed by atoms with E-state index in [1.807, 2.05) is 0 Å². The molecule has 8 nitrogen and oxygen atoms in total. The predicted molar refractivity (Wildman–Crippen MR) is 74.1 cm³/mol. The van der Waals surface area contributed by atoms with Crippen molar-refractivity contribution in [2.75, 3.05) is 12.3 Å². The van der Waals surface area contributed by atoms with Crippen LogP contribution in [0.3, 0.4) is 0 Å². The highest BCUT2D eigenvalue weighted by atomic mass is 35.5. The maximum absolute atomic E-state index is 10.0. The van der Waals surface area contributed by atoms with E-state index in [2.05, 4.69) is 20.9 Å². The number of nitrogen functional groups attached to an aromatic ring is 1. The number of halogens is 1. The summed E-state index contributed by atoms with van der Waals surface area (Å²) in [5.41, 5.74) is 5.03. The van der Waals surface area contributed by atoms with Crippen LogP contribution in [0.15, 0.2) is 6.33 Å². The molecule has 0 amide bonds. The first-order valence-electron chi connectivity index (χ1n) is 6.11. The van der Waals surface area contributed by atoms with E-state index < -0.39 is 24.5 Å². The molecule has 2 aromatic heterocycles. The molecular formula is C12H12ClN5O3. The van der Waals surface area contributed by atoms with E-state index in [1.54, 1.807) is 4.57 Å². The summed E-state index contributed by atoms with van der Waals surface area (Å²) >= 11 is 5.79. The molecule has 21 heavy (non-hydrogen) atoms. The molecule has 1 aliphatic rings. The lowest BCUT2D eigenvalue weighted by Crippen LogP contribution is -2.41. The van der Waals surface area contributed by atoms with E-state index >= 15 is 0 Å². The molecule has 2 aromatic rings. The molecule has 3 unspecified atom stereocenters. The number of nitrogens with two attached hydrogens (primary N) is 1. The highest BCUT2D eigenvalue weighted by Gasteiger charge is 2.47. The molecule has 1 aliphatic heterocycles. The molecule has 3 heterocycles. The first-order valence-corrected chi connectivity index (χ1v) is 6.48. The lowest BCUT2D eigenvalue weighted by molar-refractivity contribution is -0.0891. The van der Waals surface area contributed by atoms with Crippen molar-refractivity contribution < 1.29 is 14.9 Å². The van der Waals surface area contributed by atoms with Crippen LogP contribution in [0.25, 0.3) is 11.2 Å². The summed E-state index contributed by atoms with van der Waals surface area (Å²) in [6.45, 7) is -0.494. The molecular weight excluding hydrogens is 298 g/mol. The van der Waals surface area contributed by atoms with Crippen molar-refractivity contribution in [3.63, 3.8) is 0 Å². The molecule has 1 saturated heterocycles. The molecule has 0 radical (unpaired) electrons. The third-order valence-corrected chi connectivity index (χ3v) is 3.69. The smallest absolute Gasteiger partial charge is 0.226 e. The van der Waals surface area contributed by atoms with Crippen LogP contribution in [0, 0.1) is 12.3 Å². The van der Waals surface area contributed by atoms with Crippen molar-refractivity contribution in [2.45, 2.75) is 24.4 Å². The first-order chi connectivity index (χ1) is 10.0. The molecule has 9 heteroatoms. The second-order valence-corrected chi connectivity index (χ2v) is 5.06. The van der Waals surface area contributed by atoms with Crippen LogP contribution < -0.4 is 5.73 Å². The maximum atomic E-state index is 10.0. The minimum atomic E-state index is -1.44. The summed E-state index contributed by atoms with van der Waals surface area (Å²) in [7, 11) is 0. The van der Waals surface area contributed by atoms with Crippen LogP contribution in [0.2, 0.25) is 5.28 Å². The molecule has 0 spiro atoms. The van der Waals surface area contributed by atoms with Gasteiger partial charge in [-0.25, -0.2) is 4.98 Å². The van der Waals surface area contributed by atoms with Crippen molar-refractivity contribution in [3.8, 4) is 12.3 Å². The number of ether oxygens (including phenoxy) is 1. The second kappa shape index (κ2) is 4.82. The van der Waals surface area contributed by atoms with Gasteiger partial charge in [-0.15, -0.1) is 6.42 Å². The Kier molecular flexibility index (Phi) is 3.22. The molecule has 110 valence electrons. The van der Waals surface area contributed by atoms with E-state index in [1.165, 1.54) is 6.33 Å². The van der Waals surface area contributed by atoms with Crippen molar-refractivity contribution in [3.05, 3.63) is 11.6 Å². The quantitative estimate of drug-likeness (QED) is 0.515. The van der Waals surface area contributed by atoms with Crippen LogP contribution in [-0.2, 0) is 4.74 Å². The molecule has 0 bridgehead atoms. The van der Waals surface area contributed by atoms with Gasteiger partial charge in [0.05, 0.1) is 12.9 Å². The van der Waals surface area contributed by atoms with Crippen LogP contribution in [0.4, 0.5) is 5.82 Å². The van der Waals surface area contributed by atoms with Crippen molar-refractivity contribution in [1.29, 1.82) is 0 Å². The van der Waals surface area contributed by atoms with Crippen molar-refractivity contribution >= 4 is 28.6 Å². The number of anilines is 1. The number of aliphatic hydroxyl groups is 2. The number of aromatic nitrogens is 4. The Morgan fingerprint density at radius 2 is 2.38 bits per heavy atom. The Morgan fingerprint density at radius 1 is 1.62 bits per heavy atom. The van der Waals surface area contributed by atoms with Gasteiger partial charge < -0.3 is 20.7 Å². The Hall–Kier alpha value is -1.92. The van der Waals surface area contributed by atoms with E-state index in [0.29, 0.717) is 11.2 Å². The highest BCUT2D eigenvalue weighted by molar-refractivity contribution is 6.28. The summed E-state index contributed by atoms with van der Waals surface area (Å²) in [5, 5.41) is 19.4. The minimum absolute atomic E-state index is 0.0225. The zero-order valence-corrected chi connectivity index (χ0v) is 11.5. The molecule has 3 rings (SSSR count). The Balaban J connectivity index is 2.05. The molecule has 3 atom stereocenters. The maximum Gasteiger partial charge on any atom is 0.226 e. The number of imidazole rings is 1. The van der Waals surface area contributed by atoms with Gasteiger partial charge in [0.25, 0.3) is 0 Å². The molecule has 0 saturated carbocycles. The Bertz CT molecular complexity index is 742. The van der Waals surface area contributed by atoms with Gasteiger partial charge >= 0.3 is 0 Å². The average molecular weight is 310 g/mol. The zero-order valence-electron chi connectivity index (χ0n) is 10.8. The van der Waals surface area contributed by atoms with Crippen molar-refractivity contribution in [1.82, 2.24) is 19.5 Å². The number of rotatable bonds is 2. The molecule has 1 fully saturated rings. The van der Waals surface area contributed by atoms with Crippen LogP contribution >= 0.6 is 11.6 Å². The fourth-order valence-electron chi connectivity index (χ4n) is 2.36. The molecule has 0 aromatic carbocycles. The van der Waals surface area contributed by atoms with Gasteiger partial charge in [0.15, 0.2) is 17.1 Å². The lowest BCUT2D eigenvalue weighted by atomic mass is 9.99. The van der Waals surface area contributed by atoms with Crippen LogP contribution in [-0.4, -0.2) is 48.0 Å². The number of terminal acetylenes is 1. The van der Waals surface area contributed by atoms with Crippen LogP contribution in [0.1, 0.15) is 12.6 Å². The Labute approximate surface area is 124 Å². The SMILES string of the molecule is C#CC1(CO)OC(n2cnc3c(N)nc(Cl)nc32)CC1O. The number of fused-ring (bicyclic) bond motifs is 1. The minimum Gasteiger partial charge on any atom is -0.392 e. The summed E-state index contributed by atoms with van der Waals surface area (Å²) in [6, 6.07) is 0. The number of nitrogens with zero attached hydrogens (tertiary/aromatic N) is 4. The second-order valence-electron chi connectivity index (χ2n) is 4.72. The standard InChI is InChI=1S/C12H12ClN5O3/c1-2-12(4-19)6(20)3-7(21-12)18-5-15-8-9(14)16-11(13)17-10(8)18/h1,5-7,19-20H,3-4H2,(H2,14,16,17). The van der Waals surface area contributed by atoms with Gasteiger partial charge in [-0.05, 0) is 11.6 Å². The van der Waals surface area contributed by atoms with Gasteiger partial charge in [-0.1, -0.05) is 5.92 Å². The van der Waals surface area contributed by atoms with Crippen LogP contribution in [0.5, 0.6) is 0 Å². The first kappa shape index (κ1) is 14.0. The van der Waals surface area contributed by atoms with Gasteiger partial charge in [-0.2, -0.15) is 9.97 Å². The monoisotopic (exact) mass is 309 g/mol. The van der Waals surface area contributed by atoms with Gasteiger partial charge in [0, 0.05) is 6.42 Å².